The molecule has 0 saturated carbocycles. The quantitative estimate of drug-likeness (QED) is 0.748. The Morgan fingerprint density at radius 1 is 1.12 bits per heavy atom. The van der Waals surface area contributed by atoms with E-state index in [1.165, 1.54) is 23.8 Å². The highest BCUT2D eigenvalue weighted by molar-refractivity contribution is 5.79. The summed E-state index contributed by atoms with van der Waals surface area (Å²) in [6.07, 6.45) is 0. The number of carbonyl (C=O) groups excluding carboxylic acids is 1. The molecule has 1 aromatic rings. The third kappa shape index (κ3) is 2.68. The molecule has 0 aliphatic carbocycles. The summed E-state index contributed by atoms with van der Waals surface area (Å²) in [6, 6.07) is 4.13. The summed E-state index contributed by atoms with van der Waals surface area (Å²) in [5, 5.41) is 0. The Morgan fingerprint density at radius 2 is 1.71 bits per heavy atom. The Morgan fingerprint density at radius 3 is 2.18 bits per heavy atom. The number of methoxy groups -OCH3 is 1. The monoisotopic (exact) mass is 234 g/mol. The van der Waals surface area contributed by atoms with Gasteiger partial charge in [0.2, 0.25) is 0 Å². The van der Waals surface area contributed by atoms with Crippen molar-refractivity contribution in [3.63, 3.8) is 0 Å². The molecule has 0 spiro atoms. The van der Waals surface area contributed by atoms with E-state index < -0.39 is 0 Å². The zero-order valence-electron chi connectivity index (χ0n) is 11.6. The summed E-state index contributed by atoms with van der Waals surface area (Å²) in [6.45, 7) is 10.4. The van der Waals surface area contributed by atoms with Gasteiger partial charge in [-0.3, -0.25) is 4.79 Å². The van der Waals surface area contributed by atoms with Crippen molar-refractivity contribution in [2.75, 3.05) is 7.11 Å². The van der Waals surface area contributed by atoms with E-state index in [1.807, 2.05) is 0 Å². The Bertz CT molecular complexity index is 419. The third-order valence-corrected chi connectivity index (χ3v) is 3.56. The lowest BCUT2D eigenvalue weighted by molar-refractivity contribution is -0.143. The summed E-state index contributed by atoms with van der Waals surface area (Å²) < 4.78 is 4.91. The fraction of sp³-hybridized carbons (Fsp3) is 0.533. The fourth-order valence-electron chi connectivity index (χ4n) is 2.20. The fourth-order valence-corrected chi connectivity index (χ4v) is 2.20. The van der Waals surface area contributed by atoms with Crippen molar-refractivity contribution in [1.29, 1.82) is 0 Å². The molecule has 2 nitrogen and oxygen atoms in total. The molecule has 0 radical (unpaired) electrons. The molecule has 94 valence electrons. The maximum atomic E-state index is 11.9. The number of ether oxygens (including phenoxy) is 1. The third-order valence-electron chi connectivity index (χ3n) is 3.56. The number of carbonyl (C=O) groups is 1. The largest absolute Gasteiger partial charge is 0.469 e. The van der Waals surface area contributed by atoms with Crippen LogP contribution in [0.15, 0.2) is 12.1 Å². The molecule has 0 N–H and O–H groups in total. The minimum Gasteiger partial charge on any atom is -0.469 e. The molecular formula is C15H22O2. The van der Waals surface area contributed by atoms with Crippen molar-refractivity contribution in [2.45, 2.75) is 40.5 Å². The molecule has 0 fully saturated rings. The molecular weight excluding hydrogens is 212 g/mol. The molecule has 0 bridgehead atoms. The SMILES string of the molecule is COC(=O)C(c1ccc(C)c(C)c1C)C(C)C. The van der Waals surface area contributed by atoms with Crippen molar-refractivity contribution in [1.82, 2.24) is 0 Å². The lowest BCUT2D eigenvalue weighted by Crippen LogP contribution is -2.21. The first-order chi connectivity index (χ1) is 7.90. The van der Waals surface area contributed by atoms with Gasteiger partial charge in [0.05, 0.1) is 13.0 Å². The van der Waals surface area contributed by atoms with Gasteiger partial charge in [0.15, 0.2) is 0 Å². The lowest BCUT2D eigenvalue weighted by atomic mass is 9.83. The Kier molecular flexibility index (Phi) is 4.33. The average molecular weight is 234 g/mol. The van der Waals surface area contributed by atoms with Crippen LogP contribution in [-0.2, 0) is 9.53 Å². The summed E-state index contributed by atoms with van der Waals surface area (Å²) in [4.78, 5) is 11.9. The summed E-state index contributed by atoms with van der Waals surface area (Å²) >= 11 is 0. The van der Waals surface area contributed by atoms with Crippen LogP contribution in [0.3, 0.4) is 0 Å². The van der Waals surface area contributed by atoms with Gasteiger partial charge in [-0.2, -0.15) is 0 Å². The van der Waals surface area contributed by atoms with Gasteiger partial charge in [0, 0.05) is 0 Å². The Balaban J connectivity index is 3.29. The highest BCUT2D eigenvalue weighted by atomic mass is 16.5. The van der Waals surface area contributed by atoms with E-state index in [4.69, 9.17) is 4.74 Å². The Labute approximate surface area is 104 Å². The molecule has 0 aromatic heterocycles. The number of aryl methyl sites for hydroxylation is 1. The van der Waals surface area contributed by atoms with Crippen LogP contribution in [0.5, 0.6) is 0 Å². The minimum atomic E-state index is -0.167. The topological polar surface area (TPSA) is 26.3 Å². The highest BCUT2D eigenvalue weighted by Gasteiger charge is 2.26. The molecule has 0 aliphatic rings. The van der Waals surface area contributed by atoms with E-state index in [2.05, 4.69) is 46.8 Å². The number of hydrogen-bond acceptors (Lipinski definition) is 2. The van der Waals surface area contributed by atoms with Crippen molar-refractivity contribution in [3.05, 3.63) is 34.4 Å². The van der Waals surface area contributed by atoms with Gasteiger partial charge in [-0.05, 0) is 48.9 Å². The molecule has 0 saturated heterocycles. The molecule has 1 aromatic carbocycles. The van der Waals surface area contributed by atoms with Crippen LogP contribution >= 0.6 is 0 Å². The van der Waals surface area contributed by atoms with Crippen LogP contribution in [0, 0.1) is 26.7 Å². The first-order valence-electron chi connectivity index (χ1n) is 6.04. The molecule has 1 atom stereocenters. The van der Waals surface area contributed by atoms with Crippen molar-refractivity contribution in [3.8, 4) is 0 Å². The number of benzene rings is 1. The van der Waals surface area contributed by atoms with Gasteiger partial charge in [-0.15, -0.1) is 0 Å². The second kappa shape index (κ2) is 5.35. The van der Waals surface area contributed by atoms with Crippen LogP contribution in [0.2, 0.25) is 0 Å². The molecule has 0 aliphatic heterocycles. The van der Waals surface area contributed by atoms with E-state index in [1.54, 1.807) is 0 Å². The molecule has 0 amide bonds. The number of hydrogen-bond donors (Lipinski definition) is 0. The first kappa shape index (κ1) is 13.8. The summed E-state index contributed by atoms with van der Waals surface area (Å²) in [7, 11) is 1.45. The van der Waals surface area contributed by atoms with Crippen LogP contribution in [-0.4, -0.2) is 13.1 Å². The predicted octanol–water partition coefficient (Wildman–Crippen LogP) is 3.52. The Hall–Kier alpha value is -1.31. The number of rotatable bonds is 3. The smallest absolute Gasteiger partial charge is 0.313 e. The maximum Gasteiger partial charge on any atom is 0.313 e. The highest BCUT2D eigenvalue weighted by Crippen LogP contribution is 2.30. The van der Waals surface area contributed by atoms with E-state index in [-0.39, 0.29) is 17.8 Å². The van der Waals surface area contributed by atoms with Gasteiger partial charge < -0.3 is 4.74 Å². The van der Waals surface area contributed by atoms with Crippen LogP contribution < -0.4 is 0 Å². The lowest BCUT2D eigenvalue weighted by Gasteiger charge is -2.22. The maximum absolute atomic E-state index is 11.9. The molecule has 0 heterocycles. The van der Waals surface area contributed by atoms with Gasteiger partial charge >= 0.3 is 5.97 Å². The zero-order chi connectivity index (χ0) is 13.2. The van der Waals surface area contributed by atoms with Gasteiger partial charge in [0.25, 0.3) is 0 Å². The predicted molar refractivity (Wildman–Crippen MR) is 70.2 cm³/mol. The van der Waals surface area contributed by atoms with E-state index in [0.717, 1.165) is 5.56 Å². The first-order valence-corrected chi connectivity index (χ1v) is 6.04. The molecule has 17 heavy (non-hydrogen) atoms. The van der Waals surface area contributed by atoms with E-state index in [9.17, 15) is 4.79 Å². The van der Waals surface area contributed by atoms with Crippen molar-refractivity contribution < 1.29 is 9.53 Å². The van der Waals surface area contributed by atoms with Gasteiger partial charge in [-0.1, -0.05) is 26.0 Å². The molecule has 1 unspecified atom stereocenters. The average Bonchev–Trinajstić information content (AvgIpc) is 2.28. The van der Waals surface area contributed by atoms with Crippen LogP contribution in [0.4, 0.5) is 0 Å². The van der Waals surface area contributed by atoms with E-state index >= 15 is 0 Å². The normalized spacial score (nSPS) is 12.6. The second-order valence-electron chi connectivity index (χ2n) is 4.97. The van der Waals surface area contributed by atoms with Crippen molar-refractivity contribution >= 4 is 5.97 Å². The summed E-state index contributed by atoms with van der Waals surface area (Å²) in [5.74, 6) is -0.0751. The standard InChI is InChI=1S/C15H22O2/c1-9(2)14(15(16)17-6)13-8-7-10(3)11(4)12(13)5/h7-9,14H,1-6H3. The van der Waals surface area contributed by atoms with Crippen molar-refractivity contribution in [2.24, 2.45) is 5.92 Å². The van der Waals surface area contributed by atoms with Crippen LogP contribution in [0.25, 0.3) is 0 Å². The van der Waals surface area contributed by atoms with E-state index in [0.29, 0.717) is 0 Å². The summed E-state index contributed by atoms with van der Waals surface area (Å²) in [5.41, 5.74) is 4.82. The number of esters is 1. The zero-order valence-corrected chi connectivity index (χ0v) is 11.6. The second-order valence-corrected chi connectivity index (χ2v) is 4.97. The minimum absolute atomic E-state index is 0.147. The molecule has 1 rings (SSSR count). The van der Waals surface area contributed by atoms with Crippen LogP contribution in [0.1, 0.15) is 42.0 Å². The molecule has 2 heteroatoms. The van der Waals surface area contributed by atoms with Gasteiger partial charge in [-0.25, -0.2) is 0 Å². The van der Waals surface area contributed by atoms with Gasteiger partial charge in [0.1, 0.15) is 0 Å².